The van der Waals surface area contributed by atoms with Gasteiger partial charge in [-0.3, -0.25) is 0 Å². The van der Waals surface area contributed by atoms with Gasteiger partial charge in [0.05, 0.1) is 24.9 Å². The molecule has 1 fully saturated rings. The van der Waals surface area contributed by atoms with Crippen LogP contribution >= 0.6 is 11.6 Å². The number of halogens is 1. The highest BCUT2D eigenvalue weighted by Crippen LogP contribution is 2.39. The van der Waals surface area contributed by atoms with E-state index in [1.807, 2.05) is 0 Å². The first-order valence-corrected chi connectivity index (χ1v) is 11.2. The van der Waals surface area contributed by atoms with Gasteiger partial charge in [0, 0.05) is 37.9 Å². The fraction of sp³-hybridized carbons (Fsp3) is 0.333. The van der Waals surface area contributed by atoms with Crippen molar-refractivity contribution in [2.45, 2.75) is 13.8 Å². The van der Waals surface area contributed by atoms with Crippen molar-refractivity contribution >= 4 is 40.3 Å². The Morgan fingerprint density at radius 2 is 1.67 bits per heavy atom. The lowest BCUT2D eigenvalue weighted by Crippen LogP contribution is -2.47. The second kappa shape index (κ2) is 9.62. The number of rotatable bonds is 6. The summed E-state index contributed by atoms with van der Waals surface area (Å²) < 4.78 is 10.7. The molecule has 0 saturated carbocycles. The van der Waals surface area contributed by atoms with E-state index in [1.54, 1.807) is 26.4 Å². The van der Waals surface area contributed by atoms with Gasteiger partial charge < -0.3 is 30.3 Å². The van der Waals surface area contributed by atoms with E-state index in [2.05, 4.69) is 57.1 Å². The topological polar surface area (TPSA) is 88.8 Å². The molecule has 0 radical (unpaired) electrons. The van der Waals surface area contributed by atoms with Gasteiger partial charge in [-0.25, -0.2) is 9.97 Å². The molecule has 0 atom stereocenters. The minimum absolute atomic E-state index is 0.455. The summed E-state index contributed by atoms with van der Waals surface area (Å²) in [6, 6.07) is 9.89. The summed E-state index contributed by atoms with van der Waals surface area (Å²) >= 11 is 6.31. The molecule has 1 aliphatic rings. The van der Waals surface area contributed by atoms with Crippen LogP contribution in [0.4, 0.5) is 28.7 Å². The van der Waals surface area contributed by atoms with E-state index in [0.29, 0.717) is 39.5 Å². The van der Waals surface area contributed by atoms with Crippen molar-refractivity contribution in [3.63, 3.8) is 0 Å². The zero-order valence-electron chi connectivity index (χ0n) is 19.4. The van der Waals surface area contributed by atoms with E-state index in [-0.39, 0.29) is 0 Å². The number of anilines is 5. The minimum Gasteiger partial charge on any atom is -0.495 e. The normalized spacial score (nSPS) is 13.7. The van der Waals surface area contributed by atoms with E-state index in [9.17, 15) is 0 Å². The van der Waals surface area contributed by atoms with Gasteiger partial charge in [0.1, 0.15) is 23.5 Å². The number of hydrogen-bond donors (Lipinski definition) is 2. The zero-order chi connectivity index (χ0) is 23.5. The molecule has 2 heterocycles. The summed E-state index contributed by atoms with van der Waals surface area (Å²) in [5.74, 6) is 2.30. The fourth-order valence-corrected chi connectivity index (χ4v) is 4.30. The maximum Gasteiger partial charge on any atom is 0.159 e. The maximum absolute atomic E-state index is 6.50. The number of methoxy groups -OCH3 is 2. The second-order valence-electron chi connectivity index (χ2n) is 7.96. The molecule has 2 aromatic carbocycles. The Balaban J connectivity index is 1.53. The molecule has 1 aliphatic heterocycles. The molecule has 4 rings (SSSR count). The van der Waals surface area contributed by atoms with Crippen LogP contribution < -0.4 is 30.3 Å². The molecule has 8 nitrogen and oxygen atoms in total. The molecule has 3 aromatic rings. The first kappa shape index (κ1) is 22.8. The number of ether oxygens (including phenoxy) is 2. The summed E-state index contributed by atoms with van der Waals surface area (Å²) in [5, 5.41) is 3.69. The number of benzene rings is 2. The molecule has 0 bridgehead atoms. The molecule has 0 spiro atoms. The SMILES string of the molecule is COc1cc(OC)c(Nc2ncnc(N3CCN(c4cccc(C)c4C)CC3)c2N)cc1Cl. The first-order valence-electron chi connectivity index (χ1n) is 10.8. The summed E-state index contributed by atoms with van der Waals surface area (Å²) in [5.41, 5.74) is 11.5. The highest BCUT2D eigenvalue weighted by molar-refractivity contribution is 6.32. The van der Waals surface area contributed by atoms with Crippen molar-refractivity contribution in [1.29, 1.82) is 0 Å². The predicted molar refractivity (Wildman–Crippen MR) is 135 cm³/mol. The largest absolute Gasteiger partial charge is 0.495 e. The lowest BCUT2D eigenvalue weighted by molar-refractivity contribution is 0.396. The molecule has 0 amide bonds. The molecule has 0 unspecified atom stereocenters. The van der Waals surface area contributed by atoms with Gasteiger partial charge in [-0.2, -0.15) is 0 Å². The minimum atomic E-state index is 0.455. The summed E-state index contributed by atoms with van der Waals surface area (Å²) in [4.78, 5) is 13.4. The summed E-state index contributed by atoms with van der Waals surface area (Å²) in [6.07, 6.45) is 1.52. The first-order chi connectivity index (χ1) is 15.9. The Hall–Kier alpha value is -3.39. The number of nitrogens with zero attached hydrogens (tertiary/aromatic N) is 4. The monoisotopic (exact) mass is 468 g/mol. The van der Waals surface area contributed by atoms with E-state index in [4.69, 9.17) is 26.8 Å². The Morgan fingerprint density at radius 3 is 2.36 bits per heavy atom. The summed E-state index contributed by atoms with van der Waals surface area (Å²) in [7, 11) is 3.14. The van der Waals surface area contributed by atoms with Crippen molar-refractivity contribution in [3.8, 4) is 11.5 Å². The number of nitrogen functional groups attached to an aromatic ring is 1. The van der Waals surface area contributed by atoms with Crippen LogP contribution in [0.25, 0.3) is 0 Å². The third-order valence-electron chi connectivity index (χ3n) is 6.09. The van der Waals surface area contributed by atoms with Crippen molar-refractivity contribution in [3.05, 3.63) is 52.8 Å². The van der Waals surface area contributed by atoms with Crippen molar-refractivity contribution in [2.24, 2.45) is 0 Å². The van der Waals surface area contributed by atoms with Crippen molar-refractivity contribution < 1.29 is 9.47 Å². The number of nitrogens with two attached hydrogens (primary N) is 1. The number of aryl methyl sites for hydroxylation is 1. The highest BCUT2D eigenvalue weighted by atomic mass is 35.5. The van der Waals surface area contributed by atoms with Crippen molar-refractivity contribution in [2.75, 3.05) is 61.2 Å². The van der Waals surface area contributed by atoms with Crippen LogP contribution in [0.5, 0.6) is 11.5 Å². The van der Waals surface area contributed by atoms with Gasteiger partial charge in [0.15, 0.2) is 11.6 Å². The van der Waals surface area contributed by atoms with Crippen LogP contribution in [-0.2, 0) is 0 Å². The molecule has 174 valence electrons. The van der Waals surface area contributed by atoms with Crippen molar-refractivity contribution in [1.82, 2.24) is 9.97 Å². The van der Waals surface area contributed by atoms with Crippen LogP contribution in [0.3, 0.4) is 0 Å². The number of aromatic nitrogens is 2. The number of piperazine rings is 1. The lowest BCUT2D eigenvalue weighted by Gasteiger charge is -2.38. The van der Waals surface area contributed by atoms with Gasteiger partial charge in [0.25, 0.3) is 0 Å². The van der Waals surface area contributed by atoms with Crippen LogP contribution in [0.2, 0.25) is 5.02 Å². The van der Waals surface area contributed by atoms with Gasteiger partial charge in [-0.15, -0.1) is 0 Å². The average Bonchev–Trinajstić information content (AvgIpc) is 2.82. The van der Waals surface area contributed by atoms with E-state index in [0.717, 1.165) is 26.2 Å². The van der Waals surface area contributed by atoms with Gasteiger partial charge in [-0.05, 0) is 37.1 Å². The average molecular weight is 469 g/mol. The quantitative estimate of drug-likeness (QED) is 0.549. The maximum atomic E-state index is 6.50. The van der Waals surface area contributed by atoms with Crippen LogP contribution in [0.15, 0.2) is 36.7 Å². The Morgan fingerprint density at radius 1 is 0.970 bits per heavy atom. The lowest BCUT2D eigenvalue weighted by atomic mass is 10.1. The van der Waals surface area contributed by atoms with E-state index >= 15 is 0 Å². The highest BCUT2D eigenvalue weighted by Gasteiger charge is 2.23. The third kappa shape index (κ3) is 4.57. The van der Waals surface area contributed by atoms with E-state index < -0.39 is 0 Å². The van der Waals surface area contributed by atoms with Gasteiger partial charge in [0.2, 0.25) is 0 Å². The molecule has 33 heavy (non-hydrogen) atoms. The van der Waals surface area contributed by atoms with Crippen LogP contribution in [0.1, 0.15) is 11.1 Å². The molecule has 1 saturated heterocycles. The Labute approximate surface area is 199 Å². The molecule has 3 N–H and O–H groups in total. The Bertz CT molecular complexity index is 1150. The van der Waals surface area contributed by atoms with Crippen LogP contribution in [0, 0.1) is 13.8 Å². The Kier molecular flexibility index (Phi) is 6.65. The molecular weight excluding hydrogens is 440 g/mol. The molecule has 9 heteroatoms. The third-order valence-corrected chi connectivity index (χ3v) is 6.38. The van der Waals surface area contributed by atoms with Crippen LogP contribution in [-0.4, -0.2) is 50.4 Å². The zero-order valence-corrected chi connectivity index (χ0v) is 20.1. The smallest absolute Gasteiger partial charge is 0.159 e. The van der Waals surface area contributed by atoms with Gasteiger partial charge >= 0.3 is 0 Å². The molecule has 0 aliphatic carbocycles. The molecular formula is C24H29ClN6O2. The standard InChI is InChI=1S/C24H29ClN6O2/c1-15-6-5-7-19(16(15)2)30-8-10-31(11-9-30)24-22(26)23(27-14-28-24)29-18-12-17(25)20(32-3)13-21(18)33-4/h5-7,12-14H,8-11,26H2,1-4H3,(H,27,28,29). The molecule has 1 aromatic heterocycles. The summed E-state index contributed by atoms with van der Waals surface area (Å²) in [6.45, 7) is 7.72. The van der Waals surface area contributed by atoms with Gasteiger partial charge in [-0.1, -0.05) is 23.7 Å². The number of nitrogens with one attached hydrogen (secondary N) is 1. The number of hydrogen-bond acceptors (Lipinski definition) is 8. The van der Waals surface area contributed by atoms with E-state index in [1.165, 1.54) is 23.1 Å². The predicted octanol–water partition coefficient (Wildman–Crippen LogP) is 4.42. The second-order valence-corrected chi connectivity index (χ2v) is 8.37. The fourth-order valence-electron chi connectivity index (χ4n) is 4.06.